The first kappa shape index (κ1) is 21.0. The predicted molar refractivity (Wildman–Crippen MR) is 120 cm³/mol. The monoisotopic (exact) mass is 425 g/mol. The molecule has 0 aliphatic heterocycles. The minimum absolute atomic E-state index is 0.00282. The summed E-state index contributed by atoms with van der Waals surface area (Å²) in [7, 11) is 0. The van der Waals surface area contributed by atoms with Crippen LogP contribution >= 0.6 is 0 Å². The van der Waals surface area contributed by atoms with E-state index >= 15 is 0 Å². The Kier molecular flexibility index (Phi) is 6.09. The maximum atomic E-state index is 13.0. The maximum absolute atomic E-state index is 13.0. The number of nitrogens with one attached hydrogen (secondary N) is 1. The summed E-state index contributed by atoms with van der Waals surface area (Å²) >= 11 is 0. The van der Waals surface area contributed by atoms with Crippen molar-refractivity contribution in [1.29, 1.82) is 5.26 Å². The summed E-state index contributed by atoms with van der Waals surface area (Å²) in [5.74, 6) is 0.285. The predicted octanol–water partition coefficient (Wildman–Crippen LogP) is 6.22. The first-order chi connectivity index (χ1) is 15.5. The Bertz CT molecular complexity index is 1290. The van der Waals surface area contributed by atoms with Crippen molar-refractivity contribution in [2.45, 2.75) is 19.8 Å². The molecule has 0 amide bonds. The quantitative estimate of drug-likeness (QED) is 0.356. The molecule has 0 saturated carbocycles. The topological polar surface area (TPSA) is 78.9 Å². The molecule has 0 fully saturated rings. The molecule has 158 valence electrons. The highest BCUT2D eigenvalue weighted by molar-refractivity contribution is 5.97. The molecule has 1 heterocycles. The molecule has 0 bridgehead atoms. The molecule has 0 aliphatic rings. The fraction of sp³-hybridized carbons (Fsp3) is 0.115. The number of anilines is 2. The van der Waals surface area contributed by atoms with Gasteiger partial charge in [0.15, 0.2) is 11.5 Å². The fourth-order valence-corrected chi connectivity index (χ4v) is 3.27. The summed E-state index contributed by atoms with van der Waals surface area (Å²) in [6, 6.07) is 21.1. The zero-order valence-electron chi connectivity index (χ0n) is 17.4. The van der Waals surface area contributed by atoms with Crippen LogP contribution in [0.5, 0.6) is 0 Å². The van der Waals surface area contributed by atoms with Crippen molar-refractivity contribution in [3.05, 3.63) is 101 Å². The van der Waals surface area contributed by atoms with Gasteiger partial charge in [-0.1, -0.05) is 24.3 Å². The smallest absolute Gasteiger partial charge is 0.299 e. The number of halogens is 1. The summed E-state index contributed by atoms with van der Waals surface area (Å²) < 4.78 is 18.8. The van der Waals surface area contributed by atoms with Crippen LogP contribution in [0.4, 0.5) is 16.1 Å². The highest BCUT2D eigenvalue weighted by atomic mass is 19.1. The van der Waals surface area contributed by atoms with E-state index in [-0.39, 0.29) is 11.6 Å². The van der Waals surface area contributed by atoms with Crippen LogP contribution in [0.1, 0.15) is 33.5 Å². The average molecular weight is 425 g/mol. The lowest BCUT2D eigenvalue weighted by Crippen LogP contribution is -2.03. The summed E-state index contributed by atoms with van der Waals surface area (Å²) in [5, 5.41) is 12.1. The van der Waals surface area contributed by atoms with Gasteiger partial charge >= 0.3 is 0 Å². The molecule has 1 N–H and O–H groups in total. The molecular weight excluding hydrogens is 405 g/mol. The second kappa shape index (κ2) is 9.27. The number of aryl methyl sites for hydroxylation is 2. The molecular formula is C26H20FN3O2. The van der Waals surface area contributed by atoms with Gasteiger partial charge in [0.1, 0.15) is 5.82 Å². The van der Waals surface area contributed by atoms with Gasteiger partial charge in [0, 0.05) is 23.2 Å². The molecule has 0 radical (unpaired) electrons. The fourth-order valence-electron chi connectivity index (χ4n) is 3.27. The van der Waals surface area contributed by atoms with Crippen LogP contribution in [0.3, 0.4) is 0 Å². The van der Waals surface area contributed by atoms with E-state index in [0.717, 1.165) is 22.4 Å². The lowest BCUT2D eigenvalue weighted by molar-refractivity contribution is 0.0983. The van der Waals surface area contributed by atoms with Gasteiger partial charge in [-0.2, -0.15) is 5.26 Å². The Balaban J connectivity index is 1.45. The number of benzene rings is 3. The third-order valence-electron chi connectivity index (χ3n) is 5.16. The number of aromatic nitrogens is 1. The molecule has 0 aliphatic carbocycles. The van der Waals surface area contributed by atoms with Crippen molar-refractivity contribution < 1.29 is 13.6 Å². The Hall–Kier alpha value is -4.24. The zero-order valence-corrected chi connectivity index (χ0v) is 17.4. The summed E-state index contributed by atoms with van der Waals surface area (Å²) in [6.07, 6.45) is 2.48. The zero-order chi connectivity index (χ0) is 22.5. The number of nitriles is 1. The van der Waals surface area contributed by atoms with Gasteiger partial charge in [-0.3, -0.25) is 4.79 Å². The van der Waals surface area contributed by atoms with Crippen molar-refractivity contribution in [3.8, 4) is 17.4 Å². The van der Waals surface area contributed by atoms with E-state index in [2.05, 4.69) is 16.4 Å². The van der Waals surface area contributed by atoms with E-state index in [9.17, 15) is 9.18 Å². The molecule has 1 aromatic heterocycles. The number of Topliss-reactive ketones (excluding diaryl/α,β-unsaturated/α-hetero) is 1. The highest BCUT2D eigenvalue weighted by Crippen LogP contribution is 2.27. The molecule has 4 aromatic rings. The molecule has 0 saturated heterocycles. The summed E-state index contributed by atoms with van der Waals surface area (Å²) in [5.41, 5.74) is 4.55. The van der Waals surface area contributed by atoms with Crippen molar-refractivity contribution >= 4 is 17.5 Å². The van der Waals surface area contributed by atoms with E-state index < -0.39 is 0 Å². The number of nitrogens with zero attached hydrogens (tertiary/aromatic N) is 2. The van der Waals surface area contributed by atoms with Gasteiger partial charge in [-0.15, -0.1) is 0 Å². The number of hydrogen-bond acceptors (Lipinski definition) is 5. The van der Waals surface area contributed by atoms with Crippen molar-refractivity contribution in [2.75, 3.05) is 5.32 Å². The van der Waals surface area contributed by atoms with E-state index in [4.69, 9.17) is 9.68 Å². The molecule has 0 atom stereocenters. The largest absolute Gasteiger partial charge is 0.423 e. The molecule has 3 aromatic carbocycles. The van der Waals surface area contributed by atoms with E-state index in [1.54, 1.807) is 54.7 Å². The number of oxazole rings is 1. The lowest BCUT2D eigenvalue weighted by atomic mass is 10.0. The standard InChI is InChI=1S/C26H20FN3O2/c1-17-2-8-21(24(31)13-7-18-5-11-22(27)12-6-18)14-23(17)30-26-29-16-25(32-26)20-9-3-19(15-28)4-10-20/h2-6,8-12,14,16H,7,13H2,1H3,(H,29,30). The summed E-state index contributed by atoms with van der Waals surface area (Å²) in [6.45, 7) is 1.93. The molecule has 6 heteroatoms. The number of hydrogen-bond donors (Lipinski definition) is 1. The van der Waals surface area contributed by atoms with Gasteiger partial charge in [-0.05, 0) is 66.9 Å². The SMILES string of the molecule is Cc1ccc(C(=O)CCc2ccc(F)cc2)cc1Nc1ncc(-c2ccc(C#N)cc2)o1. The van der Waals surface area contributed by atoms with Gasteiger partial charge in [0.2, 0.25) is 0 Å². The van der Waals surface area contributed by atoms with Crippen LogP contribution in [-0.2, 0) is 6.42 Å². The van der Waals surface area contributed by atoms with Gasteiger partial charge in [0.25, 0.3) is 6.01 Å². The Morgan fingerprint density at radius 1 is 1.09 bits per heavy atom. The minimum Gasteiger partial charge on any atom is -0.423 e. The lowest BCUT2D eigenvalue weighted by Gasteiger charge is -2.09. The Morgan fingerprint density at radius 3 is 2.56 bits per heavy atom. The second-order valence-corrected chi connectivity index (χ2v) is 7.42. The van der Waals surface area contributed by atoms with Crippen molar-refractivity contribution in [1.82, 2.24) is 4.98 Å². The maximum Gasteiger partial charge on any atom is 0.299 e. The molecule has 0 spiro atoms. The van der Waals surface area contributed by atoms with Crippen molar-refractivity contribution in [3.63, 3.8) is 0 Å². The van der Waals surface area contributed by atoms with E-state index in [1.165, 1.54) is 12.1 Å². The number of rotatable bonds is 7. The van der Waals surface area contributed by atoms with Crippen molar-refractivity contribution in [2.24, 2.45) is 0 Å². The van der Waals surface area contributed by atoms with E-state index in [1.807, 2.05) is 13.0 Å². The average Bonchev–Trinajstić information content (AvgIpc) is 3.28. The highest BCUT2D eigenvalue weighted by Gasteiger charge is 2.12. The third-order valence-corrected chi connectivity index (χ3v) is 5.16. The summed E-state index contributed by atoms with van der Waals surface area (Å²) in [4.78, 5) is 16.9. The van der Waals surface area contributed by atoms with Crippen LogP contribution < -0.4 is 5.32 Å². The third kappa shape index (κ3) is 4.90. The first-order valence-corrected chi connectivity index (χ1v) is 10.1. The van der Waals surface area contributed by atoms with Crippen LogP contribution in [0, 0.1) is 24.1 Å². The van der Waals surface area contributed by atoms with Crippen LogP contribution in [0.2, 0.25) is 0 Å². The minimum atomic E-state index is -0.289. The Morgan fingerprint density at radius 2 is 1.84 bits per heavy atom. The van der Waals surface area contributed by atoms with Gasteiger partial charge in [0.05, 0.1) is 17.8 Å². The van der Waals surface area contributed by atoms with Crippen LogP contribution in [0.25, 0.3) is 11.3 Å². The molecule has 32 heavy (non-hydrogen) atoms. The van der Waals surface area contributed by atoms with Crippen LogP contribution in [0.15, 0.2) is 77.3 Å². The Labute approximate surface area is 185 Å². The molecule has 5 nitrogen and oxygen atoms in total. The number of carbonyl (C=O) groups is 1. The molecule has 4 rings (SSSR count). The van der Waals surface area contributed by atoms with E-state index in [0.29, 0.717) is 35.7 Å². The second-order valence-electron chi connectivity index (χ2n) is 7.42. The first-order valence-electron chi connectivity index (χ1n) is 10.1. The number of ketones is 1. The van der Waals surface area contributed by atoms with Crippen LogP contribution in [-0.4, -0.2) is 10.8 Å². The van der Waals surface area contributed by atoms with Gasteiger partial charge in [-0.25, -0.2) is 9.37 Å². The van der Waals surface area contributed by atoms with Gasteiger partial charge < -0.3 is 9.73 Å². The number of carbonyl (C=O) groups excluding carboxylic acids is 1. The normalized spacial score (nSPS) is 10.5. The molecule has 0 unspecified atom stereocenters.